The topological polar surface area (TPSA) is 129 Å². The number of rotatable bonds is 6. The van der Waals surface area contributed by atoms with Gasteiger partial charge in [0.05, 0.1) is 11.0 Å². The maximum Gasteiger partial charge on any atom is 0.272 e. The monoisotopic (exact) mass is 356 g/mol. The van der Waals surface area contributed by atoms with Crippen LogP contribution in [0.1, 0.15) is 5.82 Å². The normalized spacial score (nSPS) is 10.3. The first-order chi connectivity index (χ1) is 12.5. The maximum atomic E-state index is 13.8. The van der Waals surface area contributed by atoms with Crippen LogP contribution in [0.4, 0.5) is 27.7 Å². The van der Waals surface area contributed by atoms with Gasteiger partial charge in [0.25, 0.3) is 5.69 Å². The van der Waals surface area contributed by atoms with E-state index in [0.29, 0.717) is 0 Å². The fourth-order valence-electron chi connectivity index (χ4n) is 2.07. The number of anilines is 3. The Bertz CT molecular complexity index is 939. The van der Waals surface area contributed by atoms with Crippen molar-refractivity contribution in [2.45, 2.75) is 6.61 Å². The quantitative estimate of drug-likeness (QED) is 0.509. The van der Waals surface area contributed by atoms with Gasteiger partial charge < -0.3 is 15.8 Å². The van der Waals surface area contributed by atoms with Gasteiger partial charge >= 0.3 is 0 Å². The van der Waals surface area contributed by atoms with E-state index in [9.17, 15) is 14.5 Å². The summed E-state index contributed by atoms with van der Waals surface area (Å²) in [5, 5.41) is 13.6. The summed E-state index contributed by atoms with van der Waals surface area (Å²) in [6, 6.07) is 12.3. The molecule has 0 aliphatic rings. The van der Waals surface area contributed by atoms with Crippen molar-refractivity contribution in [2.24, 2.45) is 0 Å². The minimum atomic E-state index is -0.858. The second-order valence-electron chi connectivity index (χ2n) is 5.08. The van der Waals surface area contributed by atoms with E-state index in [-0.39, 0.29) is 35.8 Å². The molecule has 0 atom stereocenters. The van der Waals surface area contributed by atoms with Gasteiger partial charge in [0.2, 0.25) is 11.9 Å². The molecule has 0 spiro atoms. The number of nitrogens with zero attached hydrogens (tertiary/aromatic N) is 4. The van der Waals surface area contributed by atoms with Crippen LogP contribution in [0.15, 0.2) is 48.5 Å². The van der Waals surface area contributed by atoms with Gasteiger partial charge in [-0.1, -0.05) is 18.2 Å². The number of nitrogens with two attached hydrogens (primary N) is 1. The van der Waals surface area contributed by atoms with Crippen molar-refractivity contribution in [3.63, 3.8) is 0 Å². The zero-order valence-corrected chi connectivity index (χ0v) is 13.3. The molecule has 1 heterocycles. The highest BCUT2D eigenvalue weighted by Crippen LogP contribution is 2.23. The number of hydrogen-bond acceptors (Lipinski definition) is 8. The SMILES string of the molecule is Nc1nc(COc2ccc([N+](=O)[O-])cc2F)nc(Nc2ccccc2)n1. The van der Waals surface area contributed by atoms with Crippen molar-refractivity contribution in [1.29, 1.82) is 0 Å². The lowest BCUT2D eigenvalue weighted by molar-refractivity contribution is -0.385. The predicted molar refractivity (Wildman–Crippen MR) is 91.4 cm³/mol. The van der Waals surface area contributed by atoms with Gasteiger partial charge in [0, 0.05) is 11.8 Å². The lowest BCUT2D eigenvalue weighted by Gasteiger charge is -2.09. The molecule has 0 fully saturated rings. The number of non-ortho nitro benzene ring substituents is 1. The Morgan fingerprint density at radius 1 is 1.15 bits per heavy atom. The molecule has 0 saturated carbocycles. The molecule has 0 unspecified atom stereocenters. The zero-order chi connectivity index (χ0) is 18.5. The highest BCUT2D eigenvalue weighted by molar-refractivity contribution is 5.53. The molecule has 132 valence electrons. The van der Waals surface area contributed by atoms with E-state index >= 15 is 0 Å². The van der Waals surface area contributed by atoms with Crippen LogP contribution >= 0.6 is 0 Å². The average Bonchev–Trinajstić information content (AvgIpc) is 2.61. The molecule has 26 heavy (non-hydrogen) atoms. The molecule has 2 aromatic carbocycles. The van der Waals surface area contributed by atoms with Crippen LogP contribution in [0.2, 0.25) is 0 Å². The number of nitrogen functional groups attached to an aromatic ring is 1. The first-order valence-corrected chi connectivity index (χ1v) is 7.40. The van der Waals surface area contributed by atoms with E-state index in [4.69, 9.17) is 10.5 Å². The number of nitro benzene ring substituents is 1. The Hall–Kier alpha value is -3.82. The van der Waals surface area contributed by atoms with Crippen molar-refractivity contribution >= 4 is 23.3 Å². The Balaban J connectivity index is 1.73. The molecule has 3 aromatic rings. The lowest BCUT2D eigenvalue weighted by atomic mass is 10.3. The molecule has 1 aromatic heterocycles. The standard InChI is InChI=1S/C16H13FN6O3/c17-12-8-11(23(24)25)6-7-13(12)26-9-14-20-15(18)22-16(21-14)19-10-4-2-1-3-5-10/h1-8H,9H2,(H3,18,19,20,21,22). The van der Waals surface area contributed by atoms with E-state index in [1.54, 1.807) is 0 Å². The third-order valence-corrected chi connectivity index (χ3v) is 3.21. The molecule has 10 heteroatoms. The third kappa shape index (κ3) is 4.17. The minimum Gasteiger partial charge on any atom is -0.483 e. The van der Waals surface area contributed by atoms with Gasteiger partial charge in [0.1, 0.15) is 6.61 Å². The second-order valence-corrected chi connectivity index (χ2v) is 5.08. The van der Waals surface area contributed by atoms with Crippen molar-refractivity contribution in [3.05, 3.63) is 70.3 Å². The Labute approximate surface area is 146 Å². The van der Waals surface area contributed by atoms with E-state index in [1.165, 1.54) is 6.07 Å². The number of ether oxygens (including phenoxy) is 1. The number of nitrogens with one attached hydrogen (secondary N) is 1. The van der Waals surface area contributed by atoms with Crippen LogP contribution in [0, 0.1) is 15.9 Å². The maximum absolute atomic E-state index is 13.8. The molecular weight excluding hydrogens is 343 g/mol. The van der Waals surface area contributed by atoms with E-state index in [0.717, 1.165) is 17.8 Å². The second kappa shape index (κ2) is 7.38. The fourth-order valence-corrected chi connectivity index (χ4v) is 2.07. The third-order valence-electron chi connectivity index (χ3n) is 3.21. The van der Waals surface area contributed by atoms with E-state index < -0.39 is 10.7 Å². The number of aromatic nitrogens is 3. The summed E-state index contributed by atoms with van der Waals surface area (Å²) in [5.41, 5.74) is 6.05. The Morgan fingerprint density at radius 2 is 1.92 bits per heavy atom. The molecule has 0 amide bonds. The van der Waals surface area contributed by atoms with Gasteiger partial charge in [-0.15, -0.1) is 0 Å². The van der Waals surface area contributed by atoms with Crippen LogP contribution in [0.3, 0.4) is 0 Å². The summed E-state index contributed by atoms with van der Waals surface area (Å²) in [6.07, 6.45) is 0. The van der Waals surface area contributed by atoms with Crippen LogP contribution < -0.4 is 15.8 Å². The van der Waals surface area contributed by atoms with E-state index in [1.807, 2.05) is 30.3 Å². The van der Waals surface area contributed by atoms with Crippen molar-refractivity contribution in [3.8, 4) is 5.75 Å². The summed E-state index contributed by atoms with van der Waals surface area (Å²) in [7, 11) is 0. The predicted octanol–water partition coefficient (Wildman–Crippen LogP) is 2.82. The first kappa shape index (κ1) is 17.0. The van der Waals surface area contributed by atoms with Gasteiger partial charge in [-0.05, 0) is 18.2 Å². The lowest BCUT2D eigenvalue weighted by Crippen LogP contribution is -2.09. The number of para-hydroxylation sites is 1. The molecule has 0 aliphatic carbocycles. The molecule has 3 N–H and O–H groups in total. The number of hydrogen-bond donors (Lipinski definition) is 2. The summed E-state index contributed by atoms with van der Waals surface area (Å²) in [5.74, 6) is -0.655. The first-order valence-electron chi connectivity index (χ1n) is 7.40. The Morgan fingerprint density at radius 3 is 2.62 bits per heavy atom. The van der Waals surface area contributed by atoms with Gasteiger partial charge in [0.15, 0.2) is 17.4 Å². The Kier molecular flexibility index (Phi) is 4.83. The highest BCUT2D eigenvalue weighted by atomic mass is 19.1. The summed E-state index contributed by atoms with van der Waals surface area (Å²) in [6.45, 7) is -0.190. The smallest absolute Gasteiger partial charge is 0.272 e. The number of halogens is 1. The molecule has 0 bridgehead atoms. The molecule has 0 saturated heterocycles. The molecular formula is C16H13FN6O3. The van der Waals surface area contributed by atoms with Crippen LogP contribution in [0.25, 0.3) is 0 Å². The molecule has 3 rings (SSSR count). The highest BCUT2D eigenvalue weighted by Gasteiger charge is 2.13. The van der Waals surface area contributed by atoms with Crippen LogP contribution in [-0.4, -0.2) is 19.9 Å². The summed E-state index contributed by atoms with van der Waals surface area (Å²) >= 11 is 0. The van der Waals surface area contributed by atoms with Crippen LogP contribution in [0.5, 0.6) is 5.75 Å². The van der Waals surface area contributed by atoms with Crippen molar-refractivity contribution < 1.29 is 14.1 Å². The number of nitro groups is 1. The van der Waals surface area contributed by atoms with Gasteiger partial charge in [-0.2, -0.15) is 15.0 Å². The largest absolute Gasteiger partial charge is 0.483 e. The number of benzene rings is 2. The van der Waals surface area contributed by atoms with E-state index in [2.05, 4.69) is 20.3 Å². The summed E-state index contributed by atoms with van der Waals surface area (Å²) in [4.78, 5) is 22.0. The molecule has 0 radical (unpaired) electrons. The molecule has 0 aliphatic heterocycles. The molecule has 9 nitrogen and oxygen atoms in total. The summed E-state index contributed by atoms with van der Waals surface area (Å²) < 4.78 is 19.1. The zero-order valence-electron chi connectivity index (χ0n) is 13.3. The fraction of sp³-hybridized carbons (Fsp3) is 0.0625. The minimum absolute atomic E-state index is 0.0267. The van der Waals surface area contributed by atoms with Crippen LogP contribution in [-0.2, 0) is 6.61 Å². The van der Waals surface area contributed by atoms with Crippen molar-refractivity contribution in [2.75, 3.05) is 11.1 Å². The van der Waals surface area contributed by atoms with Crippen molar-refractivity contribution in [1.82, 2.24) is 15.0 Å². The average molecular weight is 356 g/mol. The van der Waals surface area contributed by atoms with Gasteiger partial charge in [-0.25, -0.2) is 4.39 Å². The van der Waals surface area contributed by atoms with Gasteiger partial charge in [-0.3, -0.25) is 10.1 Å².